The lowest BCUT2D eigenvalue weighted by Gasteiger charge is -2.17. The van der Waals surface area contributed by atoms with Crippen molar-refractivity contribution in [2.24, 2.45) is 0 Å². The molecular weight excluding hydrogens is 457 g/mol. The lowest BCUT2D eigenvalue weighted by molar-refractivity contribution is -0.121. The van der Waals surface area contributed by atoms with Crippen LogP contribution in [0.2, 0.25) is 10.0 Å². The molecule has 0 aliphatic carbocycles. The molecule has 3 atom stereocenters. The number of hydrogen-bond acceptors (Lipinski definition) is 5. The number of alkyl halides is 1. The number of amides is 1. The predicted molar refractivity (Wildman–Crippen MR) is 113 cm³/mol. The molecule has 0 bridgehead atoms. The maximum atomic E-state index is 12.3. The topological polar surface area (TPSA) is 113 Å². The fourth-order valence-corrected chi connectivity index (χ4v) is 3.96. The van der Waals surface area contributed by atoms with Crippen LogP contribution in [0.3, 0.4) is 0 Å². The summed E-state index contributed by atoms with van der Waals surface area (Å²) in [7, 11) is 0. The number of hydrogen-bond donors (Lipinski definition) is 3. The highest BCUT2D eigenvalue weighted by Gasteiger charge is 2.35. The fraction of sp³-hybridized carbons (Fsp3) is 0.421. The number of aromatic amines is 1. The SMILES string of the molecule is O=C(Cc1c(Cl)cccc1Cl)NC[C@@H]1O[C@H](n2cc(CCCl)c(=O)[nH]c2=O)CC1O. The Kier molecular flexibility index (Phi) is 7.60. The molecule has 1 unspecified atom stereocenters. The zero-order chi connectivity index (χ0) is 21.8. The molecule has 0 radical (unpaired) electrons. The minimum Gasteiger partial charge on any atom is -0.390 e. The summed E-state index contributed by atoms with van der Waals surface area (Å²) >= 11 is 17.8. The summed E-state index contributed by atoms with van der Waals surface area (Å²) in [4.78, 5) is 38.5. The number of nitrogens with one attached hydrogen (secondary N) is 2. The molecule has 3 N–H and O–H groups in total. The van der Waals surface area contributed by atoms with Crippen molar-refractivity contribution >= 4 is 40.7 Å². The molecule has 30 heavy (non-hydrogen) atoms. The summed E-state index contributed by atoms with van der Waals surface area (Å²) in [5.74, 6) is -0.116. The minimum atomic E-state index is -0.908. The van der Waals surface area contributed by atoms with Gasteiger partial charge in [-0.1, -0.05) is 29.3 Å². The summed E-state index contributed by atoms with van der Waals surface area (Å²) < 4.78 is 6.97. The van der Waals surface area contributed by atoms with Crippen LogP contribution in [0.4, 0.5) is 0 Å². The number of rotatable bonds is 7. The normalized spacial score (nSPS) is 21.0. The molecule has 0 saturated carbocycles. The predicted octanol–water partition coefficient (Wildman–Crippen LogP) is 1.63. The molecule has 1 aromatic carbocycles. The van der Waals surface area contributed by atoms with E-state index in [1.165, 1.54) is 10.8 Å². The number of ether oxygens (including phenoxy) is 1. The number of aliphatic hydroxyl groups is 1. The molecular formula is C19H20Cl3N3O5. The van der Waals surface area contributed by atoms with Gasteiger partial charge in [0.25, 0.3) is 5.56 Å². The highest BCUT2D eigenvalue weighted by Crippen LogP contribution is 2.28. The van der Waals surface area contributed by atoms with Crippen LogP contribution < -0.4 is 16.6 Å². The zero-order valence-corrected chi connectivity index (χ0v) is 18.0. The van der Waals surface area contributed by atoms with Crippen molar-refractivity contribution in [3.63, 3.8) is 0 Å². The van der Waals surface area contributed by atoms with Gasteiger partial charge < -0.3 is 15.2 Å². The third kappa shape index (κ3) is 5.25. The molecule has 1 aromatic heterocycles. The zero-order valence-electron chi connectivity index (χ0n) is 15.7. The van der Waals surface area contributed by atoms with Gasteiger partial charge in [0.05, 0.1) is 12.5 Å². The number of aromatic nitrogens is 2. The molecule has 3 rings (SSSR count). The van der Waals surface area contributed by atoms with Gasteiger partial charge in [-0.05, 0) is 24.1 Å². The second-order valence-electron chi connectivity index (χ2n) is 6.87. The van der Waals surface area contributed by atoms with Gasteiger partial charge in [0.1, 0.15) is 12.3 Å². The Bertz CT molecular complexity index is 1020. The number of carbonyl (C=O) groups is 1. The summed E-state index contributed by atoms with van der Waals surface area (Å²) in [6, 6.07) is 4.97. The molecule has 2 aromatic rings. The Morgan fingerprint density at radius 2 is 2.00 bits per heavy atom. The Balaban J connectivity index is 1.63. The van der Waals surface area contributed by atoms with E-state index in [0.29, 0.717) is 21.2 Å². The molecule has 1 saturated heterocycles. The molecule has 1 amide bonds. The number of aliphatic hydroxyl groups excluding tert-OH is 1. The third-order valence-corrected chi connectivity index (χ3v) is 5.72. The van der Waals surface area contributed by atoms with Gasteiger partial charge in [0, 0.05) is 40.7 Å². The second kappa shape index (κ2) is 9.98. The van der Waals surface area contributed by atoms with Gasteiger partial charge in [0.15, 0.2) is 0 Å². The Labute approximate surface area is 186 Å². The standard InChI is InChI=1S/C19H20Cl3N3O5/c20-5-4-10-9-25(19(29)24-18(10)28)17-7-14(26)15(30-17)8-23-16(27)6-11-12(21)2-1-3-13(11)22/h1-3,9,14-15,17,26H,4-8H2,(H,23,27)(H,24,28,29)/t14?,15-,17-/m0/s1. The van der Waals surface area contributed by atoms with Crippen molar-refractivity contribution in [3.8, 4) is 0 Å². The first-order valence-corrected chi connectivity index (χ1v) is 10.5. The highest BCUT2D eigenvalue weighted by atomic mass is 35.5. The van der Waals surface area contributed by atoms with Gasteiger partial charge in [-0.25, -0.2) is 4.79 Å². The van der Waals surface area contributed by atoms with E-state index in [1.807, 2.05) is 0 Å². The molecule has 162 valence electrons. The van der Waals surface area contributed by atoms with E-state index >= 15 is 0 Å². The van der Waals surface area contributed by atoms with Crippen molar-refractivity contribution in [1.82, 2.24) is 14.9 Å². The molecule has 1 aliphatic heterocycles. The van der Waals surface area contributed by atoms with Gasteiger partial charge >= 0.3 is 5.69 Å². The van der Waals surface area contributed by atoms with Crippen molar-refractivity contribution in [2.45, 2.75) is 37.7 Å². The number of carbonyl (C=O) groups excluding carboxylic acids is 1. The van der Waals surface area contributed by atoms with Crippen LogP contribution in [0.25, 0.3) is 0 Å². The first kappa shape index (κ1) is 22.8. The molecule has 1 aliphatic rings. The van der Waals surface area contributed by atoms with Crippen LogP contribution in [0.1, 0.15) is 23.8 Å². The smallest absolute Gasteiger partial charge is 0.330 e. The fourth-order valence-electron chi connectivity index (χ4n) is 3.23. The van der Waals surface area contributed by atoms with Crippen molar-refractivity contribution in [2.75, 3.05) is 12.4 Å². The quantitative estimate of drug-likeness (QED) is 0.526. The maximum absolute atomic E-state index is 12.3. The van der Waals surface area contributed by atoms with Crippen LogP contribution in [0.15, 0.2) is 34.0 Å². The molecule has 2 heterocycles. The lowest BCUT2D eigenvalue weighted by Crippen LogP contribution is -2.38. The number of benzene rings is 1. The highest BCUT2D eigenvalue weighted by molar-refractivity contribution is 6.36. The van der Waals surface area contributed by atoms with Gasteiger partial charge in [-0.2, -0.15) is 0 Å². The number of halogens is 3. The lowest BCUT2D eigenvalue weighted by atomic mass is 10.1. The van der Waals surface area contributed by atoms with Gasteiger partial charge in [0.2, 0.25) is 5.91 Å². The van der Waals surface area contributed by atoms with E-state index in [-0.39, 0.29) is 37.6 Å². The van der Waals surface area contributed by atoms with E-state index in [4.69, 9.17) is 39.5 Å². The maximum Gasteiger partial charge on any atom is 0.330 e. The van der Waals surface area contributed by atoms with Gasteiger partial charge in [-0.15, -0.1) is 11.6 Å². The second-order valence-corrected chi connectivity index (χ2v) is 8.07. The first-order valence-electron chi connectivity index (χ1n) is 9.23. The van der Waals surface area contributed by atoms with Crippen LogP contribution in [0.5, 0.6) is 0 Å². The Hall–Kier alpha value is -1.84. The van der Waals surface area contributed by atoms with Gasteiger partial charge in [-0.3, -0.25) is 19.1 Å². The molecule has 1 fully saturated rings. The van der Waals surface area contributed by atoms with Crippen LogP contribution in [-0.4, -0.2) is 45.2 Å². The van der Waals surface area contributed by atoms with E-state index in [9.17, 15) is 19.5 Å². The van der Waals surface area contributed by atoms with E-state index < -0.39 is 29.7 Å². The number of aryl methyl sites for hydroxylation is 1. The average molecular weight is 477 g/mol. The van der Waals surface area contributed by atoms with E-state index in [2.05, 4.69) is 10.3 Å². The van der Waals surface area contributed by atoms with Crippen molar-refractivity contribution in [1.29, 1.82) is 0 Å². The monoisotopic (exact) mass is 475 g/mol. The molecule has 8 nitrogen and oxygen atoms in total. The van der Waals surface area contributed by atoms with Crippen LogP contribution in [-0.2, 0) is 22.4 Å². The summed E-state index contributed by atoms with van der Waals surface area (Å²) in [5, 5.41) is 13.8. The van der Waals surface area contributed by atoms with Crippen molar-refractivity contribution in [3.05, 3.63) is 66.4 Å². The van der Waals surface area contributed by atoms with Crippen LogP contribution in [0, 0.1) is 0 Å². The minimum absolute atomic E-state index is 0.0219. The third-order valence-electron chi connectivity index (χ3n) is 4.82. The van der Waals surface area contributed by atoms with Crippen molar-refractivity contribution < 1.29 is 14.6 Å². The molecule has 11 heteroatoms. The number of nitrogens with zero attached hydrogens (tertiary/aromatic N) is 1. The average Bonchev–Trinajstić information content (AvgIpc) is 3.06. The van der Waals surface area contributed by atoms with E-state index in [0.717, 1.165) is 0 Å². The molecule has 0 spiro atoms. The summed E-state index contributed by atoms with van der Waals surface area (Å²) in [6.07, 6.45) is -0.629. The Morgan fingerprint density at radius 3 is 2.67 bits per heavy atom. The first-order chi connectivity index (χ1) is 14.3. The largest absolute Gasteiger partial charge is 0.390 e. The summed E-state index contributed by atoms with van der Waals surface area (Å²) in [6.45, 7) is 0.0329. The Morgan fingerprint density at radius 1 is 1.30 bits per heavy atom. The number of H-pyrrole nitrogens is 1. The van der Waals surface area contributed by atoms with Crippen LogP contribution >= 0.6 is 34.8 Å². The van der Waals surface area contributed by atoms with E-state index in [1.54, 1.807) is 18.2 Å². The summed E-state index contributed by atoms with van der Waals surface area (Å²) in [5.41, 5.74) is -0.294.